The van der Waals surface area contributed by atoms with Crippen molar-refractivity contribution in [1.29, 1.82) is 0 Å². The summed E-state index contributed by atoms with van der Waals surface area (Å²) >= 11 is 0. The van der Waals surface area contributed by atoms with Crippen molar-refractivity contribution in [3.63, 3.8) is 0 Å². The van der Waals surface area contributed by atoms with E-state index in [9.17, 15) is 4.79 Å². The zero-order valence-corrected chi connectivity index (χ0v) is 8.50. The van der Waals surface area contributed by atoms with Gasteiger partial charge < -0.3 is 16.8 Å². The molecule has 78 valence electrons. The van der Waals surface area contributed by atoms with Gasteiger partial charge in [0.25, 0.3) is 0 Å². The molecular formula is C11H13N3O. The maximum atomic E-state index is 10.6. The van der Waals surface area contributed by atoms with E-state index in [0.717, 1.165) is 11.1 Å². The molecule has 0 saturated carbocycles. The van der Waals surface area contributed by atoms with Crippen molar-refractivity contribution in [3.8, 4) is 11.8 Å². The molecule has 4 nitrogen and oxygen atoms in total. The van der Waals surface area contributed by atoms with Crippen LogP contribution in [-0.2, 0) is 0 Å². The van der Waals surface area contributed by atoms with E-state index < -0.39 is 6.03 Å². The Morgan fingerprint density at radius 2 is 2.27 bits per heavy atom. The number of amides is 2. The van der Waals surface area contributed by atoms with Crippen LogP contribution in [0.15, 0.2) is 18.2 Å². The number of nitrogens with one attached hydrogen (secondary N) is 1. The van der Waals surface area contributed by atoms with Gasteiger partial charge in [-0.05, 0) is 30.7 Å². The van der Waals surface area contributed by atoms with Crippen LogP contribution >= 0.6 is 0 Å². The highest BCUT2D eigenvalue weighted by Crippen LogP contribution is 2.15. The number of nitrogens with two attached hydrogens (primary N) is 2. The summed E-state index contributed by atoms with van der Waals surface area (Å²) in [6.45, 7) is 2.21. The zero-order valence-electron chi connectivity index (χ0n) is 8.50. The minimum Gasteiger partial charge on any atom is -0.351 e. The van der Waals surface area contributed by atoms with Crippen LogP contribution in [0, 0.1) is 18.8 Å². The lowest BCUT2D eigenvalue weighted by Crippen LogP contribution is -2.19. The first-order valence-electron chi connectivity index (χ1n) is 4.49. The number of benzene rings is 1. The molecule has 0 unspecified atom stereocenters. The molecule has 0 aliphatic rings. The van der Waals surface area contributed by atoms with Crippen molar-refractivity contribution < 1.29 is 4.79 Å². The van der Waals surface area contributed by atoms with Gasteiger partial charge in [-0.3, -0.25) is 0 Å². The molecule has 1 aromatic carbocycles. The molecule has 0 aliphatic heterocycles. The van der Waals surface area contributed by atoms with Crippen LogP contribution in [0.2, 0.25) is 0 Å². The Bertz CT molecular complexity index is 429. The zero-order chi connectivity index (χ0) is 11.3. The van der Waals surface area contributed by atoms with Crippen molar-refractivity contribution in [3.05, 3.63) is 29.3 Å². The van der Waals surface area contributed by atoms with Crippen LogP contribution in [0.1, 0.15) is 11.1 Å². The summed E-state index contributed by atoms with van der Waals surface area (Å²) in [4.78, 5) is 10.6. The Kier molecular flexibility index (Phi) is 3.72. The van der Waals surface area contributed by atoms with Gasteiger partial charge in [0.05, 0.1) is 6.54 Å². The molecule has 0 spiro atoms. The Hall–Kier alpha value is -1.99. The Morgan fingerprint density at radius 1 is 1.53 bits per heavy atom. The molecule has 2 amide bonds. The number of carbonyl (C=O) groups excluding carboxylic acids is 1. The van der Waals surface area contributed by atoms with Gasteiger partial charge in [-0.1, -0.05) is 11.8 Å². The number of primary amides is 1. The maximum Gasteiger partial charge on any atom is 0.316 e. The van der Waals surface area contributed by atoms with Crippen LogP contribution < -0.4 is 16.8 Å². The molecule has 15 heavy (non-hydrogen) atoms. The van der Waals surface area contributed by atoms with Gasteiger partial charge in [0.1, 0.15) is 0 Å². The highest BCUT2D eigenvalue weighted by Gasteiger charge is 2.00. The van der Waals surface area contributed by atoms with Gasteiger partial charge in [-0.2, -0.15) is 0 Å². The Morgan fingerprint density at radius 3 is 2.80 bits per heavy atom. The molecule has 1 aromatic rings. The molecule has 0 heterocycles. The minimum absolute atomic E-state index is 0.334. The molecule has 0 aromatic heterocycles. The molecule has 0 aliphatic carbocycles. The van der Waals surface area contributed by atoms with E-state index in [1.54, 1.807) is 12.1 Å². The maximum absolute atomic E-state index is 10.6. The van der Waals surface area contributed by atoms with Crippen LogP contribution in [0.3, 0.4) is 0 Å². The molecule has 0 saturated heterocycles. The third kappa shape index (κ3) is 3.33. The van der Waals surface area contributed by atoms with Gasteiger partial charge in [0.2, 0.25) is 0 Å². The molecule has 0 radical (unpaired) electrons. The normalized spacial score (nSPS) is 8.93. The fraction of sp³-hybridized carbons (Fsp3) is 0.182. The highest BCUT2D eigenvalue weighted by molar-refractivity contribution is 5.88. The largest absolute Gasteiger partial charge is 0.351 e. The second-order valence-electron chi connectivity index (χ2n) is 3.02. The van der Waals surface area contributed by atoms with Crippen molar-refractivity contribution in [2.24, 2.45) is 11.5 Å². The van der Waals surface area contributed by atoms with E-state index in [0.29, 0.717) is 12.2 Å². The minimum atomic E-state index is -0.570. The van der Waals surface area contributed by atoms with E-state index in [1.807, 2.05) is 13.0 Å². The predicted molar refractivity (Wildman–Crippen MR) is 60.3 cm³/mol. The summed E-state index contributed by atoms with van der Waals surface area (Å²) < 4.78 is 0. The molecular weight excluding hydrogens is 190 g/mol. The van der Waals surface area contributed by atoms with E-state index in [4.69, 9.17) is 11.5 Å². The molecule has 5 N–H and O–H groups in total. The van der Waals surface area contributed by atoms with Gasteiger partial charge in [0, 0.05) is 11.3 Å². The van der Waals surface area contributed by atoms with E-state index >= 15 is 0 Å². The van der Waals surface area contributed by atoms with E-state index in [2.05, 4.69) is 17.2 Å². The van der Waals surface area contributed by atoms with Crippen molar-refractivity contribution in [2.45, 2.75) is 6.92 Å². The molecule has 4 heteroatoms. The Balaban J connectivity index is 2.92. The molecule has 1 rings (SSSR count). The average Bonchev–Trinajstić information content (AvgIpc) is 2.18. The smallest absolute Gasteiger partial charge is 0.316 e. The summed E-state index contributed by atoms with van der Waals surface area (Å²) in [5.41, 5.74) is 12.8. The quantitative estimate of drug-likeness (QED) is 0.590. The third-order valence-electron chi connectivity index (χ3n) is 1.82. The van der Waals surface area contributed by atoms with Gasteiger partial charge in [-0.15, -0.1) is 0 Å². The number of hydrogen-bond acceptors (Lipinski definition) is 2. The van der Waals surface area contributed by atoms with E-state index in [-0.39, 0.29) is 0 Å². The first kappa shape index (κ1) is 11.1. The summed E-state index contributed by atoms with van der Waals surface area (Å²) in [5, 5.41) is 2.52. The van der Waals surface area contributed by atoms with Gasteiger partial charge in [-0.25, -0.2) is 4.79 Å². The van der Waals surface area contributed by atoms with Gasteiger partial charge >= 0.3 is 6.03 Å². The van der Waals surface area contributed by atoms with Crippen LogP contribution in [0.5, 0.6) is 0 Å². The summed E-state index contributed by atoms with van der Waals surface area (Å²) in [6.07, 6.45) is 0. The standard InChI is InChI=1S/C11H13N3O/c1-8-7-9(3-2-6-12)4-5-10(8)14-11(13)15/h4-5,7H,6,12H2,1H3,(H3,13,14,15). The highest BCUT2D eigenvalue weighted by atomic mass is 16.2. The lowest BCUT2D eigenvalue weighted by atomic mass is 10.1. The lowest BCUT2D eigenvalue weighted by Gasteiger charge is -2.05. The van der Waals surface area contributed by atoms with Crippen molar-refractivity contribution >= 4 is 11.7 Å². The van der Waals surface area contributed by atoms with Crippen LogP contribution in [-0.4, -0.2) is 12.6 Å². The first-order valence-corrected chi connectivity index (χ1v) is 4.49. The van der Waals surface area contributed by atoms with Crippen LogP contribution in [0.4, 0.5) is 10.5 Å². The van der Waals surface area contributed by atoms with Crippen molar-refractivity contribution in [1.82, 2.24) is 0 Å². The van der Waals surface area contributed by atoms with Gasteiger partial charge in [0.15, 0.2) is 0 Å². The predicted octanol–water partition coefficient (Wildman–Crippen LogP) is 0.796. The fourth-order valence-electron chi connectivity index (χ4n) is 1.17. The lowest BCUT2D eigenvalue weighted by molar-refractivity contribution is 0.259. The van der Waals surface area contributed by atoms with E-state index in [1.165, 1.54) is 0 Å². The van der Waals surface area contributed by atoms with Crippen LogP contribution in [0.25, 0.3) is 0 Å². The average molecular weight is 203 g/mol. The first-order chi connectivity index (χ1) is 7.13. The summed E-state index contributed by atoms with van der Waals surface area (Å²) in [6, 6.07) is 4.87. The second kappa shape index (κ2) is 5.03. The third-order valence-corrected chi connectivity index (χ3v) is 1.82. The summed E-state index contributed by atoms with van der Waals surface area (Å²) in [5.74, 6) is 5.66. The number of aryl methyl sites for hydroxylation is 1. The second-order valence-corrected chi connectivity index (χ2v) is 3.02. The number of hydrogen-bond donors (Lipinski definition) is 3. The fourth-order valence-corrected chi connectivity index (χ4v) is 1.17. The number of rotatable bonds is 1. The van der Waals surface area contributed by atoms with Crippen molar-refractivity contribution in [2.75, 3.05) is 11.9 Å². The Labute approximate surface area is 88.6 Å². The topological polar surface area (TPSA) is 81.1 Å². The number of carbonyl (C=O) groups is 1. The molecule has 0 atom stereocenters. The molecule has 0 bridgehead atoms. The SMILES string of the molecule is Cc1cc(C#CCN)ccc1NC(N)=O. The molecule has 0 fully saturated rings. The summed E-state index contributed by atoms with van der Waals surface area (Å²) in [7, 11) is 0. The number of urea groups is 1. The number of anilines is 1. The monoisotopic (exact) mass is 203 g/mol.